The molecule has 21 heavy (non-hydrogen) atoms. The number of benzene rings is 1. The van der Waals surface area contributed by atoms with E-state index in [0.717, 1.165) is 16.5 Å². The average Bonchev–Trinajstić information content (AvgIpc) is 2.84. The second-order valence-corrected chi connectivity index (χ2v) is 6.24. The Kier molecular flexibility index (Phi) is 3.57. The number of hydrogen-bond donors (Lipinski definition) is 0. The number of ether oxygens (including phenoxy) is 1. The first kappa shape index (κ1) is 13.9. The molecule has 1 aromatic carbocycles. The number of non-ortho nitro benzene ring substituents is 1. The molecule has 3 rings (SSSR count). The summed E-state index contributed by atoms with van der Waals surface area (Å²) in [5.74, 6) is 0.483. The number of fused-ring (bicyclic) bond motifs is 1. The predicted octanol–water partition coefficient (Wildman–Crippen LogP) is 1.95. The van der Waals surface area contributed by atoms with E-state index < -0.39 is 4.92 Å². The molecule has 2 heterocycles. The summed E-state index contributed by atoms with van der Waals surface area (Å²) in [6.45, 7) is 0. The van der Waals surface area contributed by atoms with Crippen LogP contribution >= 0.6 is 0 Å². The van der Waals surface area contributed by atoms with E-state index in [2.05, 4.69) is 10.1 Å². The SMILES string of the molecule is COc1cc(-c2n[n]([Tl])c3ccc([N+](=O)[O-])cc23)ccn1. The number of pyridine rings is 1. The van der Waals surface area contributed by atoms with Crippen LogP contribution in [-0.2, 0) is 0 Å². The van der Waals surface area contributed by atoms with Gasteiger partial charge in [0.25, 0.3) is 0 Å². The third-order valence-electron chi connectivity index (χ3n) is 3.12. The molecular formula is C13H9N4O3Tl. The first-order chi connectivity index (χ1) is 10.1. The quantitative estimate of drug-likeness (QED) is 0.330. The third kappa shape index (κ3) is 2.48. The summed E-state index contributed by atoms with van der Waals surface area (Å²) in [5, 5.41) is 16.2. The monoisotopic (exact) mass is 474 g/mol. The average molecular weight is 474 g/mol. The Hall–Kier alpha value is -2.04. The van der Waals surface area contributed by atoms with Crippen molar-refractivity contribution in [1.82, 2.24) is 12.6 Å². The van der Waals surface area contributed by atoms with Crippen LogP contribution in [0.3, 0.4) is 0 Å². The van der Waals surface area contributed by atoms with Crippen LogP contribution in [0.5, 0.6) is 5.88 Å². The van der Waals surface area contributed by atoms with Gasteiger partial charge in [0, 0.05) is 0 Å². The molecule has 0 radical (unpaired) electrons. The second kappa shape index (κ2) is 5.39. The summed E-state index contributed by atoms with van der Waals surface area (Å²) in [5.41, 5.74) is 2.49. The molecule has 0 spiro atoms. The third-order valence-corrected chi connectivity index (χ3v) is 4.65. The van der Waals surface area contributed by atoms with Crippen molar-refractivity contribution in [3.8, 4) is 17.1 Å². The number of nitrogens with zero attached hydrogens (tertiary/aromatic N) is 4. The molecule has 0 atom stereocenters. The van der Waals surface area contributed by atoms with Crippen LogP contribution in [-0.4, -0.2) is 50.7 Å². The van der Waals surface area contributed by atoms with Gasteiger partial charge in [-0.05, 0) is 0 Å². The molecule has 0 unspecified atom stereocenters. The minimum atomic E-state index is -0.400. The van der Waals surface area contributed by atoms with E-state index in [9.17, 15) is 10.1 Å². The van der Waals surface area contributed by atoms with E-state index >= 15 is 0 Å². The Balaban J connectivity index is 2.26. The maximum absolute atomic E-state index is 11.0. The molecule has 0 amide bonds. The summed E-state index contributed by atoms with van der Waals surface area (Å²) < 4.78 is 6.98. The number of nitro benzene ring substituents is 1. The topological polar surface area (TPSA) is 83.1 Å². The Labute approximate surface area is 135 Å². The molecule has 102 valence electrons. The zero-order valence-corrected chi connectivity index (χ0v) is 15.5. The van der Waals surface area contributed by atoms with Crippen molar-refractivity contribution < 1.29 is 9.66 Å². The van der Waals surface area contributed by atoms with Crippen molar-refractivity contribution >= 4 is 42.7 Å². The van der Waals surface area contributed by atoms with Crippen molar-refractivity contribution in [2.75, 3.05) is 7.11 Å². The molecule has 0 aliphatic carbocycles. The normalized spacial score (nSPS) is 10.7. The zero-order chi connectivity index (χ0) is 15.0. The molecule has 0 saturated carbocycles. The molecule has 0 bridgehead atoms. The Morgan fingerprint density at radius 3 is 2.86 bits per heavy atom. The Bertz CT molecular complexity index is 847. The van der Waals surface area contributed by atoms with Gasteiger partial charge in [0.1, 0.15) is 0 Å². The van der Waals surface area contributed by atoms with Gasteiger partial charge in [0.15, 0.2) is 0 Å². The molecule has 0 aliphatic heterocycles. The Morgan fingerprint density at radius 1 is 1.33 bits per heavy atom. The molecule has 2 aromatic heterocycles. The van der Waals surface area contributed by atoms with Gasteiger partial charge in [-0.15, -0.1) is 0 Å². The van der Waals surface area contributed by atoms with E-state index in [4.69, 9.17) is 4.74 Å². The van der Waals surface area contributed by atoms with Crippen LogP contribution in [0.1, 0.15) is 0 Å². The van der Waals surface area contributed by atoms with Gasteiger partial charge >= 0.3 is 136 Å². The second-order valence-electron chi connectivity index (χ2n) is 4.34. The fourth-order valence-electron chi connectivity index (χ4n) is 2.12. The van der Waals surface area contributed by atoms with E-state index in [0.29, 0.717) is 37.6 Å². The van der Waals surface area contributed by atoms with Crippen molar-refractivity contribution in [3.63, 3.8) is 0 Å². The van der Waals surface area contributed by atoms with Gasteiger partial charge in [-0.3, -0.25) is 0 Å². The van der Waals surface area contributed by atoms with Crippen LogP contribution in [0, 0.1) is 10.1 Å². The Morgan fingerprint density at radius 2 is 2.14 bits per heavy atom. The zero-order valence-electron chi connectivity index (χ0n) is 11.1. The molecule has 0 aliphatic rings. The number of hydrogen-bond acceptors (Lipinski definition) is 5. The summed E-state index contributed by atoms with van der Waals surface area (Å²) >= 11 is 0.469. The van der Waals surface area contributed by atoms with E-state index in [1.165, 1.54) is 6.07 Å². The standard InChI is InChI=1S/C13H9N4O3.Tl/c1-20-12-6-8(4-5-14-12)13-10-7-9(17(18)19)2-3-11(10)15-16-13;/h2-7H,1H3;/q-1;+1. The number of rotatable bonds is 3. The fraction of sp³-hybridized carbons (Fsp3) is 0.0769. The summed E-state index contributed by atoms with van der Waals surface area (Å²) in [6, 6.07) is 8.38. The molecule has 0 N–H and O–H groups in total. The maximum atomic E-state index is 11.0. The van der Waals surface area contributed by atoms with Crippen LogP contribution in [0.15, 0.2) is 36.5 Å². The molecular weight excluding hydrogens is 465 g/mol. The summed E-state index contributed by atoms with van der Waals surface area (Å²) in [7, 11) is 1.54. The van der Waals surface area contributed by atoms with Crippen molar-refractivity contribution in [2.45, 2.75) is 0 Å². The fourth-order valence-corrected chi connectivity index (χ4v) is 3.45. The number of nitro groups is 1. The van der Waals surface area contributed by atoms with Crippen LogP contribution < -0.4 is 4.74 Å². The first-order valence-electron chi connectivity index (χ1n) is 6.03. The van der Waals surface area contributed by atoms with Crippen molar-refractivity contribution in [1.29, 1.82) is 0 Å². The summed E-state index contributed by atoms with van der Waals surface area (Å²) in [6.07, 6.45) is 1.63. The van der Waals surface area contributed by atoms with Crippen molar-refractivity contribution in [3.05, 3.63) is 46.6 Å². The number of methoxy groups -OCH3 is 1. The van der Waals surface area contributed by atoms with Crippen LogP contribution in [0.2, 0.25) is 0 Å². The molecule has 7 nitrogen and oxygen atoms in total. The van der Waals surface area contributed by atoms with Gasteiger partial charge in [0.2, 0.25) is 0 Å². The van der Waals surface area contributed by atoms with Crippen molar-refractivity contribution in [2.24, 2.45) is 0 Å². The molecule has 8 heteroatoms. The van der Waals surface area contributed by atoms with E-state index in [1.807, 2.05) is 8.56 Å². The van der Waals surface area contributed by atoms with Gasteiger partial charge in [-0.1, -0.05) is 0 Å². The predicted molar refractivity (Wildman–Crippen MR) is 77.3 cm³/mol. The van der Waals surface area contributed by atoms with Crippen LogP contribution in [0.25, 0.3) is 22.2 Å². The van der Waals surface area contributed by atoms with E-state index in [1.54, 1.807) is 31.5 Å². The summed E-state index contributed by atoms with van der Waals surface area (Å²) in [4.78, 5) is 14.6. The van der Waals surface area contributed by atoms with Crippen LogP contribution in [0.4, 0.5) is 5.69 Å². The first-order valence-corrected chi connectivity index (χ1v) is 8.03. The van der Waals surface area contributed by atoms with Gasteiger partial charge in [0.05, 0.1) is 0 Å². The number of aromatic nitrogens is 3. The van der Waals surface area contributed by atoms with Gasteiger partial charge in [-0.25, -0.2) is 0 Å². The van der Waals surface area contributed by atoms with E-state index in [-0.39, 0.29) is 5.69 Å². The van der Waals surface area contributed by atoms with Gasteiger partial charge < -0.3 is 0 Å². The minimum absolute atomic E-state index is 0.0581. The van der Waals surface area contributed by atoms with Gasteiger partial charge in [-0.2, -0.15) is 0 Å². The molecule has 0 fully saturated rings. The molecule has 0 saturated heterocycles. The molecule has 3 aromatic rings.